The van der Waals surface area contributed by atoms with Gasteiger partial charge in [0.05, 0.1) is 16.5 Å². The topological polar surface area (TPSA) is 83.2 Å². The normalized spacial score (nSPS) is 20.6. The predicted molar refractivity (Wildman–Crippen MR) is 117 cm³/mol. The van der Waals surface area contributed by atoms with Crippen LogP contribution < -0.4 is 5.56 Å². The second kappa shape index (κ2) is 7.49. The molecule has 2 bridgehead atoms. The van der Waals surface area contributed by atoms with Crippen LogP contribution in [0.5, 0.6) is 0 Å². The molecule has 0 aliphatic carbocycles. The monoisotopic (exact) mass is 431 g/mol. The van der Waals surface area contributed by atoms with Gasteiger partial charge >= 0.3 is 0 Å². The third-order valence-corrected chi connectivity index (χ3v) is 8.10. The van der Waals surface area contributed by atoms with Crippen LogP contribution >= 0.6 is 0 Å². The Balaban J connectivity index is 1.51. The largest absolute Gasteiger partial charge is 0.311 e. The SMILES string of the molecule is N#Cc1cccc(-c2ccc3n(c2=O)C[C@@H]2C[C@@H]3CN(S(=O)(=O)c3ccccc3)C2)c1. The summed E-state index contributed by atoms with van der Waals surface area (Å²) in [7, 11) is -3.56. The van der Waals surface area contributed by atoms with Gasteiger partial charge in [0.15, 0.2) is 0 Å². The average molecular weight is 432 g/mol. The Labute approximate surface area is 181 Å². The third-order valence-electron chi connectivity index (χ3n) is 6.25. The van der Waals surface area contributed by atoms with Crippen LogP contribution in [0.15, 0.2) is 76.4 Å². The number of benzene rings is 2. The first-order chi connectivity index (χ1) is 15.0. The lowest BCUT2D eigenvalue weighted by Crippen LogP contribution is -2.49. The van der Waals surface area contributed by atoms with Crippen molar-refractivity contribution in [2.45, 2.75) is 23.8 Å². The van der Waals surface area contributed by atoms with Gasteiger partial charge in [-0.1, -0.05) is 30.3 Å². The van der Waals surface area contributed by atoms with Gasteiger partial charge < -0.3 is 4.57 Å². The molecular weight excluding hydrogens is 410 g/mol. The molecule has 1 fully saturated rings. The van der Waals surface area contributed by atoms with E-state index in [2.05, 4.69) is 6.07 Å². The Hall–Kier alpha value is -3.21. The molecule has 5 rings (SSSR count). The molecule has 3 heterocycles. The Kier molecular flexibility index (Phi) is 4.77. The van der Waals surface area contributed by atoms with E-state index in [9.17, 15) is 13.2 Å². The van der Waals surface area contributed by atoms with Crippen LogP contribution in [0.1, 0.15) is 23.6 Å². The van der Waals surface area contributed by atoms with Crippen LogP contribution in [-0.4, -0.2) is 30.4 Å². The van der Waals surface area contributed by atoms with E-state index in [1.54, 1.807) is 63.5 Å². The molecule has 7 heteroatoms. The van der Waals surface area contributed by atoms with Crippen LogP contribution in [0, 0.1) is 17.2 Å². The molecule has 1 aromatic heterocycles. The van der Waals surface area contributed by atoms with E-state index in [0.29, 0.717) is 35.7 Å². The van der Waals surface area contributed by atoms with E-state index < -0.39 is 10.0 Å². The maximum atomic E-state index is 13.3. The van der Waals surface area contributed by atoms with Crippen molar-refractivity contribution in [3.63, 3.8) is 0 Å². The fourth-order valence-electron chi connectivity index (χ4n) is 4.82. The highest BCUT2D eigenvalue weighted by Crippen LogP contribution is 2.37. The minimum Gasteiger partial charge on any atom is -0.311 e. The molecule has 0 saturated carbocycles. The lowest BCUT2D eigenvalue weighted by Gasteiger charge is -2.42. The van der Waals surface area contributed by atoms with Crippen molar-refractivity contribution in [3.8, 4) is 17.2 Å². The maximum absolute atomic E-state index is 13.3. The smallest absolute Gasteiger partial charge is 0.258 e. The quantitative estimate of drug-likeness (QED) is 0.638. The molecule has 2 aliphatic rings. The number of hydrogen-bond acceptors (Lipinski definition) is 4. The Morgan fingerprint density at radius 3 is 2.52 bits per heavy atom. The number of sulfonamides is 1. The van der Waals surface area contributed by atoms with Crippen molar-refractivity contribution in [1.29, 1.82) is 5.26 Å². The number of nitriles is 1. The number of piperidine rings is 1. The van der Waals surface area contributed by atoms with Crippen LogP contribution in [0.25, 0.3) is 11.1 Å². The van der Waals surface area contributed by atoms with Gasteiger partial charge in [-0.25, -0.2) is 8.42 Å². The zero-order valence-electron chi connectivity index (χ0n) is 16.8. The molecule has 0 N–H and O–H groups in total. The number of fused-ring (bicyclic) bond motifs is 4. The zero-order chi connectivity index (χ0) is 21.6. The molecule has 0 unspecified atom stereocenters. The van der Waals surface area contributed by atoms with Crippen molar-refractivity contribution in [2.24, 2.45) is 5.92 Å². The fraction of sp³-hybridized carbons (Fsp3) is 0.250. The van der Waals surface area contributed by atoms with E-state index in [-0.39, 0.29) is 17.4 Å². The number of pyridine rings is 1. The summed E-state index contributed by atoms with van der Waals surface area (Å²) in [6.45, 7) is 1.28. The summed E-state index contributed by atoms with van der Waals surface area (Å²) < 4.78 is 29.6. The molecule has 6 nitrogen and oxygen atoms in total. The van der Waals surface area contributed by atoms with E-state index in [1.807, 2.05) is 12.1 Å². The highest BCUT2D eigenvalue weighted by molar-refractivity contribution is 7.89. The molecule has 0 amide bonds. The summed E-state index contributed by atoms with van der Waals surface area (Å²) in [6.07, 6.45) is 0.878. The predicted octanol–water partition coefficient (Wildman–Crippen LogP) is 3.19. The molecule has 2 aliphatic heterocycles. The van der Waals surface area contributed by atoms with Crippen LogP contribution in [0.3, 0.4) is 0 Å². The maximum Gasteiger partial charge on any atom is 0.258 e. The lowest BCUT2D eigenvalue weighted by molar-refractivity contribution is 0.186. The molecule has 31 heavy (non-hydrogen) atoms. The summed E-state index contributed by atoms with van der Waals surface area (Å²) in [5.74, 6) is 0.0707. The van der Waals surface area contributed by atoms with Crippen LogP contribution in [0.4, 0.5) is 0 Å². The molecule has 1 saturated heterocycles. The van der Waals surface area contributed by atoms with E-state index >= 15 is 0 Å². The molecule has 3 aromatic rings. The third kappa shape index (κ3) is 3.38. The summed E-state index contributed by atoms with van der Waals surface area (Å²) in [4.78, 5) is 13.6. The van der Waals surface area contributed by atoms with Crippen LogP contribution in [-0.2, 0) is 16.6 Å². The highest BCUT2D eigenvalue weighted by atomic mass is 32.2. The van der Waals surface area contributed by atoms with Gasteiger partial charge in [-0.15, -0.1) is 0 Å². The molecule has 2 aromatic carbocycles. The summed E-state index contributed by atoms with van der Waals surface area (Å²) in [6, 6.07) is 21.4. The second-order valence-electron chi connectivity index (χ2n) is 8.21. The van der Waals surface area contributed by atoms with E-state index in [4.69, 9.17) is 5.26 Å². The number of rotatable bonds is 3. The Morgan fingerprint density at radius 2 is 1.74 bits per heavy atom. The van der Waals surface area contributed by atoms with Crippen molar-refractivity contribution in [1.82, 2.24) is 8.87 Å². The van der Waals surface area contributed by atoms with Gasteiger partial charge in [0.2, 0.25) is 10.0 Å². The Morgan fingerprint density at radius 1 is 0.935 bits per heavy atom. The fourth-order valence-corrected chi connectivity index (χ4v) is 6.40. The summed E-state index contributed by atoms with van der Waals surface area (Å²) in [5, 5.41) is 9.17. The van der Waals surface area contributed by atoms with Gasteiger partial charge in [-0.2, -0.15) is 9.57 Å². The molecule has 2 atom stereocenters. The van der Waals surface area contributed by atoms with Crippen LogP contribution in [0.2, 0.25) is 0 Å². The Bertz CT molecular complexity index is 1360. The summed E-state index contributed by atoms with van der Waals surface area (Å²) >= 11 is 0. The van der Waals surface area contributed by atoms with Crippen molar-refractivity contribution in [2.75, 3.05) is 13.1 Å². The average Bonchev–Trinajstić information content (AvgIpc) is 2.80. The van der Waals surface area contributed by atoms with E-state index in [1.165, 1.54) is 0 Å². The highest BCUT2D eigenvalue weighted by Gasteiger charge is 2.39. The first-order valence-corrected chi connectivity index (χ1v) is 11.7. The first-order valence-electron chi connectivity index (χ1n) is 10.3. The molecule has 0 spiro atoms. The number of hydrogen-bond donors (Lipinski definition) is 0. The van der Waals surface area contributed by atoms with Gasteiger partial charge in [0, 0.05) is 36.8 Å². The van der Waals surface area contributed by atoms with Gasteiger partial charge in [-0.05, 0) is 54.3 Å². The van der Waals surface area contributed by atoms with Gasteiger partial charge in [-0.3, -0.25) is 4.79 Å². The molecule has 0 radical (unpaired) electrons. The van der Waals surface area contributed by atoms with E-state index in [0.717, 1.165) is 17.7 Å². The second-order valence-corrected chi connectivity index (χ2v) is 10.2. The van der Waals surface area contributed by atoms with Crippen molar-refractivity contribution in [3.05, 3.63) is 88.3 Å². The first kappa shape index (κ1) is 19.7. The summed E-state index contributed by atoms with van der Waals surface area (Å²) in [5.41, 5.74) is 2.60. The van der Waals surface area contributed by atoms with Crippen molar-refractivity contribution < 1.29 is 8.42 Å². The number of nitrogens with zero attached hydrogens (tertiary/aromatic N) is 3. The lowest BCUT2D eigenvalue weighted by atomic mass is 9.84. The minimum atomic E-state index is -3.56. The van der Waals surface area contributed by atoms with Crippen molar-refractivity contribution >= 4 is 10.0 Å². The molecule has 156 valence electrons. The number of aromatic nitrogens is 1. The molecular formula is C24H21N3O3S. The van der Waals surface area contributed by atoms with Gasteiger partial charge in [0.1, 0.15) is 0 Å². The standard InChI is InChI=1S/C24H21N3O3S/c25-13-17-5-4-6-19(11-17)22-9-10-23-20-12-18(15-27(23)24(22)28)14-26(16-20)31(29,30)21-7-2-1-3-8-21/h1-11,18,20H,12,14-16H2/t18-,20-/m1/s1. The zero-order valence-corrected chi connectivity index (χ0v) is 17.6. The van der Waals surface area contributed by atoms with Gasteiger partial charge in [0.25, 0.3) is 5.56 Å². The minimum absolute atomic E-state index is 0.0156.